The molecule has 0 rings (SSSR count). The molecule has 5 nitrogen and oxygen atoms in total. The number of guanidine groups is 1. The van der Waals surface area contributed by atoms with Crippen LogP contribution in [0.5, 0.6) is 0 Å². The third-order valence-electron chi connectivity index (χ3n) is 4.68. The molecule has 144 valence electrons. The van der Waals surface area contributed by atoms with E-state index in [4.69, 9.17) is 4.99 Å². The lowest BCUT2D eigenvalue weighted by atomic mass is 10.2. The first-order valence-corrected chi connectivity index (χ1v) is 10.0. The third kappa shape index (κ3) is 10.1. The van der Waals surface area contributed by atoms with Crippen LogP contribution in [0.2, 0.25) is 0 Å². The summed E-state index contributed by atoms with van der Waals surface area (Å²) in [6.45, 7) is 22.9. The maximum absolute atomic E-state index is 4.79. The summed E-state index contributed by atoms with van der Waals surface area (Å²) in [7, 11) is 0. The molecule has 0 saturated carbocycles. The number of likely N-dealkylation sites (N-methyl/N-ethyl adjacent to an activating group) is 1. The molecule has 0 aliphatic carbocycles. The van der Waals surface area contributed by atoms with Gasteiger partial charge in [-0.15, -0.1) is 0 Å². The van der Waals surface area contributed by atoms with Gasteiger partial charge in [0.1, 0.15) is 0 Å². The van der Waals surface area contributed by atoms with Crippen LogP contribution >= 0.6 is 0 Å². The van der Waals surface area contributed by atoms with Gasteiger partial charge in [-0.05, 0) is 66.3 Å². The van der Waals surface area contributed by atoms with Crippen molar-refractivity contribution in [3.63, 3.8) is 0 Å². The Labute approximate surface area is 151 Å². The molecular weight excluding hydrogens is 298 g/mol. The van der Waals surface area contributed by atoms with E-state index in [1.165, 1.54) is 19.4 Å². The summed E-state index contributed by atoms with van der Waals surface area (Å²) >= 11 is 0. The maximum atomic E-state index is 4.79. The molecule has 5 heteroatoms. The molecule has 2 N–H and O–H groups in total. The quantitative estimate of drug-likeness (QED) is 0.399. The van der Waals surface area contributed by atoms with Crippen molar-refractivity contribution in [2.24, 2.45) is 4.99 Å². The van der Waals surface area contributed by atoms with Gasteiger partial charge in [-0.3, -0.25) is 9.89 Å². The number of rotatable bonds is 13. The zero-order chi connectivity index (χ0) is 18.4. The largest absolute Gasteiger partial charge is 0.357 e. The van der Waals surface area contributed by atoms with E-state index in [-0.39, 0.29) is 0 Å². The molecule has 24 heavy (non-hydrogen) atoms. The third-order valence-corrected chi connectivity index (χ3v) is 4.68. The molecule has 0 aromatic rings. The van der Waals surface area contributed by atoms with Crippen LogP contribution in [0.25, 0.3) is 0 Å². The van der Waals surface area contributed by atoms with E-state index in [1.807, 2.05) is 0 Å². The summed E-state index contributed by atoms with van der Waals surface area (Å²) in [6.07, 6.45) is 2.40. The number of nitrogens with one attached hydrogen (secondary N) is 2. The van der Waals surface area contributed by atoms with Crippen LogP contribution in [0.1, 0.15) is 61.3 Å². The Morgan fingerprint density at radius 3 is 2.08 bits per heavy atom. The van der Waals surface area contributed by atoms with Crippen molar-refractivity contribution in [2.45, 2.75) is 73.4 Å². The van der Waals surface area contributed by atoms with Crippen molar-refractivity contribution < 1.29 is 0 Å². The van der Waals surface area contributed by atoms with E-state index in [2.05, 4.69) is 68.9 Å². The zero-order valence-corrected chi connectivity index (χ0v) is 17.4. The highest BCUT2D eigenvalue weighted by Gasteiger charge is 2.11. The Morgan fingerprint density at radius 2 is 1.58 bits per heavy atom. The van der Waals surface area contributed by atoms with Crippen LogP contribution in [0.3, 0.4) is 0 Å². The minimum atomic E-state index is 0.446. The topological polar surface area (TPSA) is 42.9 Å². The molecule has 0 aromatic heterocycles. The number of hydrogen-bond donors (Lipinski definition) is 2. The van der Waals surface area contributed by atoms with E-state index in [9.17, 15) is 0 Å². The summed E-state index contributed by atoms with van der Waals surface area (Å²) in [4.78, 5) is 9.72. The molecule has 0 spiro atoms. The predicted octanol–water partition coefficient (Wildman–Crippen LogP) is 2.78. The Morgan fingerprint density at radius 1 is 0.958 bits per heavy atom. The van der Waals surface area contributed by atoms with Crippen molar-refractivity contribution in [2.75, 3.05) is 45.8 Å². The van der Waals surface area contributed by atoms with Gasteiger partial charge in [-0.2, -0.15) is 0 Å². The summed E-state index contributed by atoms with van der Waals surface area (Å²) in [5, 5.41) is 6.94. The first kappa shape index (κ1) is 23.2. The molecule has 0 amide bonds. The van der Waals surface area contributed by atoms with Gasteiger partial charge in [-0.1, -0.05) is 27.7 Å². The standard InChI is InChI=1S/C19H43N5/c1-8-20-19(21-16-18(7)24(11-4)12-5)22-17(6)14-13-15-23(9-2)10-3/h17-18H,8-16H2,1-7H3,(H2,20,21,22). The number of hydrogen-bond acceptors (Lipinski definition) is 3. The molecule has 0 fully saturated rings. The van der Waals surface area contributed by atoms with Gasteiger partial charge in [0.15, 0.2) is 5.96 Å². The van der Waals surface area contributed by atoms with E-state index in [0.717, 1.165) is 45.2 Å². The summed E-state index contributed by atoms with van der Waals surface area (Å²) < 4.78 is 0. The Balaban J connectivity index is 4.36. The smallest absolute Gasteiger partial charge is 0.191 e. The molecule has 0 bridgehead atoms. The highest BCUT2D eigenvalue weighted by atomic mass is 15.2. The second-order valence-electron chi connectivity index (χ2n) is 6.50. The predicted molar refractivity (Wildman–Crippen MR) is 108 cm³/mol. The second-order valence-corrected chi connectivity index (χ2v) is 6.50. The number of nitrogens with zero attached hydrogens (tertiary/aromatic N) is 3. The van der Waals surface area contributed by atoms with E-state index in [1.54, 1.807) is 0 Å². The fourth-order valence-corrected chi connectivity index (χ4v) is 2.97. The van der Waals surface area contributed by atoms with Gasteiger partial charge in [-0.25, -0.2) is 0 Å². The highest BCUT2D eigenvalue weighted by molar-refractivity contribution is 5.80. The van der Waals surface area contributed by atoms with Gasteiger partial charge in [0.25, 0.3) is 0 Å². The van der Waals surface area contributed by atoms with Gasteiger partial charge in [0.2, 0.25) is 0 Å². The SMILES string of the molecule is CCNC(=NCC(C)N(CC)CC)NC(C)CCCN(CC)CC. The fourth-order valence-electron chi connectivity index (χ4n) is 2.97. The van der Waals surface area contributed by atoms with Crippen molar-refractivity contribution >= 4 is 5.96 Å². The normalized spacial score (nSPS) is 15.0. The van der Waals surface area contributed by atoms with Crippen molar-refractivity contribution in [3.05, 3.63) is 0 Å². The lowest BCUT2D eigenvalue weighted by Gasteiger charge is -2.25. The maximum Gasteiger partial charge on any atom is 0.191 e. The molecule has 0 heterocycles. The Bertz CT molecular complexity index is 311. The average Bonchev–Trinajstić information content (AvgIpc) is 2.58. The molecule has 2 unspecified atom stereocenters. The lowest BCUT2D eigenvalue weighted by Crippen LogP contribution is -2.43. The van der Waals surface area contributed by atoms with E-state index < -0.39 is 0 Å². The van der Waals surface area contributed by atoms with Crippen LogP contribution in [0.4, 0.5) is 0 Å². The first-order valence-electron chi connectivity index (χ1n) is 10.0. The van der Waals surface area contributed by atoms with E-state index >= 15 is 0 Å². The minimum absolute atomic E-state index is 0.446. The van der Waals surface area contributed by atoms with Crippen molar-refractivity contribution in [3.8, 4) is 0 Å². The Hall–Kier alpha value is -0.810. The summed E-state index contributed by atoms with van der Waals surface area (Å²) in [5.41, 5.74) is 0. The molecule has 0 saturated heterocycles. The van der Waals surface area contributed by atoms with Crippen LogP contribution in [-0.4, -0.2) is 73.7 Å². The average molecular weight is 342 g/mol. The molecule has 0 aliphatic rings. The zero-order valence-electron chi connectivity index (χ0n) is 17.4. The Kier molecular flexibility index (Phi) is 14.0. The molecule has 0 aromatic carbocycles. The fraction of sp³-hybridized carbons (Fsp3) is 0.947. The lowest BCUT2D eigenvalue weighted by molar-refractivity contribution is 0.237. The van der Waals surface area contributed by atoms with Crippen LogP contribution in [0.15, 0.2) is 4.99 Å². The monoisotopic (exact) mass is 341 g/mol. The molecular formula is C19H43N5. The molecule has 0 aliphatic heterocycles. The summed E-state index contributed by atoms with van der Waals surface area (Å²) in [6, 6.07) is 0.926. The van der Waals surface area contributed by atoms with Crippen LogP contribution in [-0.2, 0) is 0 Å². The van der Waals surface area contributed by atoms with Gasteiger partial charge >= 0.3 is 0 Å². The second kappa shape index (κ2) is 14.5. The van der Waals surface area contributed by atoms with Crippen molar-refractivity contribution in [1.82, 2.24) is 20.4 Å². The molecule has 2 atom stereocenters. The van der Waals surface area contributed by atoms with Gasteiger partial charge in [0.05, 0.1) is 6.54 Å². The number of aliphatic imine (C=N–C) groups is 1. The van der Waals surface area contributed by atoms with Crippen LogP contribution < -0.4 is 10.6 Å². The van der Waals surface area contributed by atoms with Gasteiger partial charge in [0, 0.05) is 18.6 Å². The minimum Gasteiger partial charge on any atom is -0.357 e. The van der Waals surface area contributed by atoms with E-state index in [0.29, 0.717) is 12.1 Å². The van der Waals surface area contributed by atoms with Crippen molar-refractivity contribution in [1.29, 1.82) is 0 Å². The van der Waals surface area contributed by atoms with Gasteiger partial charge < -0.3 is 15.5 Å². The highest BCUT2D eigenvalue weighted by Crippen LogP contribution is 2.01. The molecule has 0 radical (unpaired) electrons. The first-order chi connectivity index (χ1) is 11.5. The summed E-state index contributed by atoms with van der Waals surface area (Å²) in [5.74, 6) is 0.951. The van der Waals surface area contributed by atoms with Crippen LogP contribution in [0, 0.1) is 0 Å².